The molecular weight excluding hydrogens is 270 g/mol. The van der Waals surface area contributed by atoms with Gasteiger partial charge in [-0.2, -0.15) is 0 Å². The van der Waals surface area contributed by atoms with Crippen molar-refractivity contribution >= 4 is 0 Å². The van der Waals surface area contributed by atoms with E-state index in [-0.39, 0.29) is 11.8 Å². The zero-order chi connectivity index (χ0) is 14.4. The lowest BCUT2D eigenvalue weighted by molar-refractivity contribution is -0.179. The summed E-state index contributed by atoms with van der Waals surface area (Å²) in [6.45, 7) is 0.800. The van der Waals surface area contributed by atoms with Gasteiger partial charge in [0.25, 0.3) is 0 Å². The van der Waals surface area contributed by atoms with Gasteiger partial charge in [-0.15, -0.1) is 0 Å². The Hall–Kier alpha value is -1.30. The molecule has 2 fully saturated rings. The Morgan fingerprint density at radius 2 is 2.14 bits per heavy atom. The number of ether oxygens (including phenoxy) is 1. The molecule has 2 bridgehead atoms. The van der Waals surface area contributed by atoms with Crippen molar-refractivity contribution in [2.75, 3.05) is 6.54 Å². The van der Waals surface area contributed by atoms with E-state index in [9.17, 15) is 15.3 Å². The third kappa shape index (κ3) is 1.14. The number of hydrogen-bond acceptors (Lipinski definition) is 5. The summed E-state index contributed by atoms with van der Waals surface area (Å²) in [6.07, 6.45) is 1.52. The number of phenolic OH excluding ortho intramolecular Hbond substituents is 1. The molecule has 21 heavy (non-hydrogen) atoms. The first-order valence-electron chi connectivity index (χ1n) is 7.74. The predicted octanol–water partition coefficient (Wildman–Crippen LogP) is 0.195. The molecule has 4 aliphatic rings. The van der Waals surface area contributed by atoms with E-state index in [2.05, 4.69) is 5.32 Å². The van der Waals surface area contributed by atoms with Gasteiger partial charge >= 0.3 is 0 Å². The van der Waals surface area contributed by atoms with E-state index in [0.717, 1.165) is 30.5 Å². The van der Waals surface area contributed by atoms with Gasteiger partial charge in [-0.05, 0) is 43.9 Å². The van der Waals surface area contributed by atoms with Crippen molar-refractivity contribution in [2.45, 2.75) is 54.9 Å². The van der Waals surface area contributed by atoms with Crippen LogP contribution in [-0.2, 0) is 11.8 Å². The average molecular weight is 289 g/mol. The van der Waals surface area contributed by atoms with Crippen LogP contribution >= 0.6 is 0 Å². The van der Waals surface area contributed by atoms with Gasteiger partial charge in [-0.3, -0.25) is 0 Å². The Balaban J connectivity index is 1.87. The molecule has 2 heterocycles. The molecule has 2 aliphatic carbocycles. The van der Waals surface area contributed by atoms with Gasteiger partial charge in [0.2, 0.25) is 0 Å². The van der Waals surface area contributed by atoms with E-state index in [1.807, 2.05) is 6.07 Å². The van der Waals surface area contributed by atoms with Crippen molar-refractivity contribution in [3.05, 3.63) is 23.3 Å². The fraction of sp³-hybridized carbons (Fsp3) is 0.625. The van der Waals surface area contributed by atoms with Crippen molar-refractivity contribution in [1.82, 2.24) is 5.32 Å². The molecule has 5 nitrogen and oxygen atoms in total. The molecule has 4 N–H and O–H groups in total. The van der Waals surface area contributed by atoms with Gasteiger partial charge < -0.3 is 25.4 Å². The Kier molecular flexibility index (Phi) is 2.07. The largest absolute Gasteiger partial charge is 0.504 e. The highest BCUT2D eigenvalue weighted by Crippen LogP contribution is 2.64. The molecule has 1 saturated carbocycles. The van der Waals surface area contributed by atoms with Crippen molar-refractivity contribution in [3.8, 4) is 11.5 Å². The van der Waals surface area contributed by atoms with Crippen molar-refractivity contribution in [2.24, 2.45) is 0 Å². The van der Waals surface area contributed by atoms with Crippen LogP contribution in [0, 0.1) is 0 Å². The number of phenols is 1. The Morgan fingerprint density at radius 1 is 1.29 bits per heavy atom. The number of aliphatic hydroxyl groups excluding tert-OH is 1. The molecule has 5 heteroatoms. The topological polar surface area (TPSA) is 82.0 Å². The highest BCUT2D eigenvalue weighted by atomic mass is 16.5. The third-order valence-electron chi connectivity index (χ3n) is 6.25. The second-order valence-corrected chi connectivity index (χ2v) is 6.95. The number of hydrogen-bond donors (Lipinski definition) is 4. The molecule has 5 atom stereocenters. The first-order chi connectivity index (χ1) is 10.1. The number of aliphatic hydroxyl groups is 2. The Bertz CT molecular complexity index is 647. The van der Waals surface area contributed by atoms with Gasteiger partial charge in [0.05, 0.1) is 17.1 Å². The standard InChI is InChI=1S/C16H19NO4/c18-9-2-1-8-7-11-16(20)4-3-10(19)14-15(16,5-6-17-11)12(8)13(9)21-14/h1-2,10-11,14,17-20H,3-7H2/t10-,11+,14-,15?,16+/m0/s1. The van der Waals surface area contributed by atoms with Crippen molar-refractivity contribution in [3.63, 3.8) is 0 Å². The van der Waals surface area contributed by atoms with Crippen LogP contribution < -0.4 is 10.1 Å². The number of benzene rings is 1. The van der Waals surface area contributed by atoms with Gasteiger partial charge in [0.1, 0.15) is 6.10 Å². The van der Waals surface area contributed by atoms with E-state index in [1.165, 1.54) is 0 Å². The summed E-state index contributed by atoms with van der Waals surface area (Å²) in [7, 11) is 0. The van der Waals surface area contributed by atoms with Crippen LogP contribution in [0.15, 0.2) is 12.1 Å². The molecule has 1 aromatic carbocycles. The minimum atomic E-state index is -0.902. The third-order valence-corrected chi connectivity index (χ3v) is 6.25. The zero-order valence-electron chi connectivity index (χ0n) is 11.7. The van der Waals surface area contributed by atoms with Crippen LogP contribution in [0.2, 0.25) is 0 Å². The molecule has 1 spiro atoms. The molecule has 0 aromatic heterocycles. The Labute approximate surface area is 122 Å². The number of rotatable bonds is 0. The Morgan fingerprint density at radius 3 is 3.00 bits per heavy atom. The number of nitrogens with one attached hydrogen (secondary N) is 1. The van der Waals surface area contributed by atoms with Crippen molar-refractivity contribution < 1.29 is 20.1 Å². The van der Waals surface area contributed by atoms with Gasteiger partial charge in [-0.25, -0.2) is 0 Å². The van der Waals surface area contributed by atoms with Crippen LogP contribution in [-0.4, -0.2) is 45.7 Å². The highest BCUT2D eigenvalue weighted by Gasteiger charge is 2.71. The number of piperidine rings is 1. The monoisotopic (exact) mass is 289 g/mol. The van der Waals surface area contributed by atoms with E-state index >= 15 is 0 Å². The van der Waals surface area contributed by atoms with Crippen LogP contribution in [0.1, 0.15) is 30.4 Å². The second-order valence-electron chi connectivity index (χ2n) is 6.95. The van der Waals surface area contributed by atoms with Crippen LogP contribution in [0.4, 0.5) is 0 Å². The average Bonchev–Trinajstić information content (AvgIpc) is 2.80. The fourth-order valence-corrected chi connectivity index (χ4v) is 5.42. The summed E-state index contributed by atoms with van der Waals surface area (Å²) in [5.41, 5.74) is 0.594. The van der Waals surface area contributed by atoms with E-state index in [4.69, 9.17) is 4.74 Å². The first-order valence-corrected chi connectivity index (χ1v) is 7.74. The minimum Gasteiger partial charge on any atom is -0.504 e. The maximum absolute atomic E-state index is 11.5. The molecule has 1 unspecified atom stereocenters. The number of aromatic hydroxyl groups is 1. The van der Waals surface area contributed by atoms with Crippen LogP contribution in [0.25, 0.3) is 0 Å². The lowest BCUT2D eigenvalue weighted by Gasteiger charge is -2.61. The maximum Gasteiger partial charge on any atom is 0.165 e. The van der Waals surface area contributed by atoms with Gasteiger partial charge in [-0.1, -0.05) is 6.07 Å². The predicted molar refractivity (Wildman–Crippen MR) is 74.5 cm³/mol. The molecular formula is C16H19NO4. The SMILES string of the molecule is Oc1ccc2c3c1O[C@H]1[C@@H](O)CC[C@@]4(O)[C@@H](C2)NCCC314. The molecule has 112 valence electrons. The summed E-state index contributed by atoms with van der Waals surface area (Å²) < 4.78 is 6.00. The van der Waals surface area contributed by atoms with Crippen LogP contribution in [0.5, 0.6) is 11.5 Å². The summed E-state index contributed by atoms with van der Waals surface area (Å²) in [5, 5.41) is 35.6. The van der Waals surface area contributed by atoms with Crippen molar-refractivity contribution in [1.29, 1.82) is 0 Å². The van der Waals surface area contributed by atoms with E-state index in [0.29, 0.717) is 18.6 Å². The first kappa shape index (κ1) is 12.3. The summed E-state index contributed by atoms with van der Waals surface area (Å²) in [4.78, 5) is 0. The molecule has 1 aromatic rings. The molecule has 0 radical (unpaired) electrons. The molecule has 2 aliphatic heterocycles. The van der Waals surface area contributed by atoms with Crippen LogP contribution in [0.3, 0.4) is 0 Å². The highest BCUT2D eigenvalue weighted by molar-refractivity contribution is 5.62. The summed E-state index contributed by atoms with van der Waals surface area (Å²) in [6, 6.07) is 3.59. The zero-order valence-corrected chi connectivity index (χ0v) is 11.7. The summed E-state index contributed by atoms with van der Waals surface area (Å²) in [5.74, 6) is 0.598. The molecule has 1 saturated heterocycles. The normalized spacial score (nSPS) is 45.9. The van der Waals surface area contributed by atoms with Gasteiger partial charge in [0.15, 0.2) is 11.5 Å². The second kappa shape index (κ2) is 3.54. The summed E-state index contributed by atoms with van der Waals surface area (Å²) >= 11 is 0. The van der Waals surface area contributed by atoms with E-state index in [1.54, 1.807) is 6.07 Å². The van der Waals surface area contributed by atoms with E-state index < -0.39 is 23.2 Å². The quantitative estimate of drug-likeness (QED) is 0.548. The maximum atomic E-state index is 11.5. The molecule has 0 amide bonds. The van der Waals surface area contributed by atoms with Gasteiger partial charge in [0, 0.05) is 11.6 Å². The minimum absolute atomic E-state index is 0.00663. The lowest BCUT2D eigenvalue weighted by atomic mass is 9.49. The molecule has 5 rings (SSSR count). The fourth-order valence-electron chi connectivity index (χ4n) is 5.42. The smallest absolute Gasteiger partial charge is 0.165 e. The lowest BCUT2D eigenvalue weighted by Crippen LogP contribution is -2.76.